The lowest BCUT2D eigenvalue weighted by atomic mass is 10.3. The maximum atomic E-state index is 8.83. The van der Waals surface area contributed by atoms with Crippen molar-refractivity contribution in [3.8, 4) is 5.75 Å². The van der Waals surface area contributed by atoms with Gasteiger partial charge in [0.25, 0.3) is 0 Å². The van der Waals surface area contributed by atoms with Gasteiger partial charge < -0.3 is 5.11 Å². The van der Waals surface area contributed by atoms with Gasteiger partial charge in [0.1, 0.15) is 10.8 Å². The number of aromatic hydroxyl groups is 1. The molecule has 1 nitrogen and oxygen atoms in total. The van der Waals surface area contributed by atoms with E-state index in [-0.39, 0.29) is 10.8 Å². The summed E-state index contributed by atoms with van der Waals surface area (Å²) in [6.45, 7) is 0. The van der Waals surface area contributed by atoms with Crippen LogP contribution in [0.3, 0.4) is 0 Å². The van der Waals surface area contributed by atoms with Crippen molar-refractivity contribution in [2.75, 3.05) is 0 Å². The predicted molar refractivity (Wildman–Crippen MR) is 37.0 cm³/mol. The normalized spacial score (nSPS) is 9.56. The van der Waals surface area contributed by atoms with Crippen LogP contribution in [0, 0.1) is 6.07 Å². The Hall–Kier alpha value is -0.400. The van der Waals surface area contributed by atoms with E-state index in [0.29, 0.717) is 5.02 Å². The fourth-order valence-corrected chi connectivity index (χ4v) is 0.713. The van der Waals surface area contributed by atoms with Crippen molar-refractivity contribution in [2.24, 2.45) is 0 Å². The van der Waals surface area contributed by atoms with E-state index in [2.05, 4.69) is 6.07 Å². The Labute approximate surface area is 62.8 Å². The van der Waals surface area contributed by atoms with Crippen LogP contribution < -0.4 is 0 Å². The van der Waals surface area contributed by atoms with Crippen molar-refractivity contribution in [1.29, 1.82) is 0 Å². The molecule has 1 aromatic rings. The van der Waals surface area contributed by atoms with Gasteiger partial charge in [-0.25, -0.2) is 0 Å². The minimum Gasteiger partial charge on any atom is -0.506 e. The lowest BCUT2D eigenvalue weighted by Gasteiger charge is -1.94. The molecule has 1 N–H and O–H groups in total. The summed E-state index contributed by atoms with van der Waals surface area (Å²) in [5.41, 5.74) is 0. The fourth-order valence-electron chi connectivity index (χ4n) is 0.443. The standard InChI is InChI=1S/C6H3Cl2O/c7-4-2-1-3-5(9)6(4)8/h1-2,9H. The third-order valence-corrected chi connectivity index (χ3v) is 1.66. The molecule has 1 aromatic carbocycles. The van der Waals surface area contributed by atoms with Crippen molar-refractivity contribution in [3.63, 3.8) is 0 Å². The van der Waals surface area contributed by atoms with E-state index in [4.69, 9.17) is 28.3 Å². The number of rotatable bonds is 0. The zero-order valence-electron chi connectivity index (χ0n) is 4.36. The minimum absolute atomic E-state index is 0.107. The summed E-state index contributed by atoms with van der Waals surface area (Å²) in [7, 11) is 0. The number of phenols is 1. The Morgan fingerprint density at radius 3 is 2.56 bits per heavy atom. The monoisotopic (exact) mass is 161 g/mol. The van der Waals surface area contributed by atoms with E-state index in [1.54, 1.807) is 6.07 Å². The minimum atomic E-state index is -0.107. The fraction of sp³-hybridized carbons (Fsp3) is 0. The summed E-state index contributed by atoms with van der Waals surface area (Å²) < 4.78 is 0. The van der Waals surface area contributed by atoms with E-state index in [1.165, 1.54) is 6.07 Å². The first-order valence-electron chi connectivity index (χ1n) is 2.26. The Bertz CT molecular complexity index is 202. The first-order valence-corrected chi connectivity index (χ1v) is 3.02. The summed E-state index contributed by atoms with van der Waals surface area (Å²) in [6, 6.07) is 5.54. The van der Waals surface area contributed by atoms with Gasteiger partial charge in [-0.3, -0.25) is 0 Å². The molecule has 47 valence electrons. The molecule has 0 atom stereocenters. The smallest absolute Gasteiger partial charge is 0.143 e. The van der Waals surface area contributed by atoms with Crippen molar-refractivity contribution in [2.45, 2.75) is 0 Å². The average Bonchev–Trinajstić information content (AvgIpc) is 1.83. The number of hydrogen-bond acceptors (Lipinski definition) is 1. The van der Waals surface area contributed by atoms with E-state index >= 15 is 0 Å². The molecule has 3 heteroatoms. The largest absolute Gasteiger partial charge is 0.506 e. The Morgan fingerprint density at radius 2 is 2.11 bits per heavy atom. The molecule has 0 amide bonds. The lowest BCUT2D eigenvalue weighted by molar-refractivity contribution is 0.474. The zero-order chi connectivity index (χ0) is 6.85. The highest BCUT2D eigenvalue weighted by atomic mass is 35.5. The van der Waals surface area contributed by atoms with Crippen molar-refractivity contribution in [3.05, 3.63) is 28.2 Å². The predicted octanol–water partition coefficient (Wildman–Crippen LogP) is 2.50. The molecule has 0 heterocycles. The number of benzene rings is 1. The van der Waals surface area contributed by atoms with Gasteiger partial charge in [0.15, 0.2) is 0 Å². The van der Waals surface area contributed by atoms with Crippen LogP contribution in [0.15, 0.2) is 12.1 Å². The summed E-state index contributed by atoms with van der Waals surface area (Å²) in [4.78, 5) is 0. The molecule has 0 saturated carbocycles. The quantitative estimate of drug-likeness (QED) is 0.621. The van der Waals surface area contributed by atoms with Gasteiger partial charge in [-0.2, -0.15) is 0 Å². The van der Waals surface area contributed by atoms with E-state index in [9.17, 15) is 0 Å². The highest BCUT2D eigenvalue weighted by molar-refractivity contribution is 6.42. The van der Waals surface area contributed by atoms with Gasteiger partial charge in [0.05, 0.1) is 5.02 Å². The molecule has 0 aliphatic carbocycles. The van der Waals surface area contributed by atoms with Gasteiger partial charge >= 0.3 is 0 Å². The topological polar surface area (TPSA) is 20.2 Å². The van der Waals surface area contributed by atoms with Crippen LogP contribution in [0.25, 0.3) is 0 Å². The third kappa shape index (κ3) is 1.29. The molecule has 0 aromatic heterocycles. The number of halogens is 2. The highest BCUT2D eigenvalue weighted by Gasteiger charge is 1.99. The van der Waals surface area contributed by atoms with Gasteiger partial charge in [-0.05, 0) is 12.1 Å². The van der Waals surface area contributed by atoms with Gasteiger partial charge in [-0.15, -0.1) is 0 Å². The molecule has 0 aliphatic heterocycles. The average molecular weight is 162 g/mol. The Kier molecular flexibility index (Phi) is 1.84. The second kappa shape index (κ2) is 2.46. The SMILES string of the molecule is Oc1[c]ccc(Cl)c1Cl. The van der Waals surface area contributed by atoms with Crippen molar-refractivity contribution in [1.82, 2.24) is 0 Å². The van der Waals surface area contributed by atoms with Gasteiger partial charge in [-0.1, -0.05) is 23.2 Å². The van der Waals surface area contributed by atoms with Gasteiger partial charge in [0.2, 0.25) is 0 Å². The molecule has 0 fully saturated rings. The Balaban J connectivity index is 3.25. The molecule has 1 radical (unpaired) electrons. The van der Waals surface area contributed by atoms with Crippen LogP contribution >= 0.6 is 23.2 Å². The molecule has 0 spiro atoms. The van der Waals surface area contributed by atoms with Crippen LogP contribution in [0.1, 0.15) is 0 Å². The summed E-state index contributed by atoms with van der Waals surface area (Å²) in [6.07, 6.45) is 0. The van der Waals surface area contributed by atoms with Crippen LogP contribution in [-0.2, 0) is 0 Å². The maximum Gasteiger partial charge on any atom is 0.143 e. The summed E-state index contributed by atoms with van der Waals surface area (Å²) >= 11 is 11.0. The highest BCUT2D eigenvalue weighted by Crippen LogP contribution is 2.29. The molecule has 1 rings (SSSR count). The zero-order valence-corrected chi connectivity index (χ0v) is 5.87. The molecule has 0 bridgehead atoms. The third-order valence-electron chi connectivity index (χ3n) is 0.867. The first kappa shape index (κ1) is 6.72. The van der Waals surface area contributed by atoms with Crippen molar-refractivity contribution >= 4 is 23.2 Å². The lowest BCUT2D eigenvalue weighted by Crippen LogP contribution is -1.68. The summed E-state index contributed by atoms with van der Waals surface area (Å²) in [5.74, 6) is -0.107. The molecule has 0 saturated heterocycles. The van der Waals surface area contributed by atoms with E-state index in [0.717, 1.165) is 0 Å². The molecular formula is C6H3Cl2O. The second-order valence-electron chi connectivity index (χ2n) is 1.49. The second-order valence-corrected chi connectivity index (χ2v) is 2.27. The van der Waals surface area contributed by atoms with Crippen LogP contribution in [-0.4, -0.2) is 5.11 Å². The molecule has 0 aliphatic rings. The molecule has 9 heavy (non-hydrogen) atoms. The molecular weight excluding hydrogens is 159 g/mol. The first-order chi connectivity index (χ1) is 4.22. The number of hydrogen-bond donors (Lipinski definition) is 1. The van der Waals surface area contributed by atoms with E-state index < -0.39 is 0 Å². The van der Waals surface area contributed by atoms with Gasteiger partial charge in [0, 0.05) is 6.07 Å². The van der Waals surface area contributed by atoms with Crippen molar-refractivity contribution < 1.29 is 5.11 Å². The van der Waals surface area contributed by atoms with Crippen LogP contribution in [0.2, 0.25) is 10.0 Å². The van der Waals surface area contributed by atoms with Crippen LogP contribution in [0.4, 0.5) is 0 Å². The maximum absolute atomic E-state index is 8.83. The molecule has 0 unspecified atom stereocenters. The van der Waals surface area contributed by atoms with E-state index in [1.807, 2.05) is 0 Å². The summed E-state index contributed by atoms with van der Waals surface area (Å²) in [5, 5.41) is 9.32. The van der Waals surface area contributed by atoms with Crippen LogP contribution in [0.5, 0.6) is 5.75 Å². The number of phenolic OH excluding ortho intramolecular Hbond substituents is 1. The Morgan fingerprint density at radius 1 is 1.44 bits per heavy atom.